The van der Waals surface area contributed by atoms with Crippen molar-refractivity contribution in [1.29, 1.82) is 0 Å². The van der Waals surface area contributed by atoms with E-state index in [2.05, 4.69) is 170 Å². The van der Waals surface area contributed by atoms with E-state index in [-0.39, 0.29) is 37.5 Å². The maximum atomic E-state index is 2.23. The molecular weight excluding hydrogens is 633 g/mol. The van der Waals surface area contributed by atoms with Gasteiger partial charge < -0.3 is 29.6 Å². The van der Waals surface area contributed by atoms with Crippen molar-refractivity contribution in [3.05, 3.63) is 170 Å². The van der Waals surface area contributed by atoms with Gasteiger partial charge in [-0.05, 0) is 10.6 Å². The summed E-state index contributed by atoms with van der Waals surface area (Å²) in [6, 6.07) is 60.5. The van der Waals surface area contributed by atoms with E-state index in [1.807, 2.05) is 0 Å². The average molecular weight is 661 g/mol. The van der Waals surface area contributed by atoms with Crippen molar-refractivity contribution in [3.8, 4) is 0 Å². The van der Waals surface area contributed by atoms with Crippen molar-refractivity contribution in [2.45, 2.75) is 0 Å². The summed E-state index contributed by atoms with van der Waals surface area (Å²) in [7, 11) is -0.818. The molecule has 6 rings (SSSR count). The fraction of sp³-hybridized carbons (Fsp3) is 0. The quantitative estimate of drug-likeness (QED) is 0.112. The van der Waals surface area contributed by atoms with Gasteiger partial charge in [-0.25, -0.2) is 20.1 Å². The standard InChI is InChI=1S/2C17H14P.Fe.Pd/c2*1-3-9-15(10-4-1)18(17-13-7-8-14-17)16-11-5-2-6-12-16;;/h2*1-14H;;/q-5;-1;;. The topological polar surface area (TPSA) is 0 Å². The predicted octanol–water partition coefficient (Wildman–Crippen LogP) is 6.32. The maximum Gasteiger partial charge on any atom is 0 e. The smallest absolute Gasteiger partial charge is 0 e. The van der Waals surface area contributed by atoms with E-state index in [1.54, 1.807) is 0 Å². The molecule has 6 aromatic rings. The number of hydrogen-bond acceptors (Lipinski definition) is 0. The Balaban J connectivity index is 0.000000200. The van der Waals surface area contributed by atoms with Crippen LogP contribution in [0.4, 0.5) is 0 Å². The van der Waals surface area contributed by atoms with Gasteiger partial charge in [-0.3, -0.25) is 0 Å². The summed E-state index contributed by atoms with van der Waals surface area (Å²) in [5.41, 5.74) is 0. The molecule has 6 aromatic carbocycles. The van der Waals surface area contributed by atoms with Crippen molar-refractivity contribution in [1.82, 2.24) is 0 Å². The Kier molecular flexibility index (Phi) is 12.6. The van der Waals surface area contributed by atoms with Gasteiger partial charge in [-0.15, -0.1) is 5.30 Å². The van der Waals surface area contributed by atoms with Crippen LogP contribution < -0.4 is 31.8 Å². The normalized spacial score (nSPS) is 10.2. The minimum Gasteiger partial charge on any atom is -0.747 e. The van der Waals surface area contributed by atoms with Crippen molar-refractivity contribution in [2.24, 2.45) is 0 Å². The number of hydrogen-bond donors (Lipinski definition) is 0. The second-order valence-electron chi connectivity index (χ2n) is 8.30. The van der Waals surface area contributed by atoms with Gasteiger partial charge in [0.2, 0.25) is 0 Å². The first kappa shape index (κ1) is 30.2. The van der Waals surface area contributed by atoms with Crippen LogP contribution in [0, 0.1) is 0 Å². The molecule has 0 aliphatic heterocycles. The molecule has 0 nitrogen and oxygen atoms in total. The van der Waals surface area contributed by atoms with E-state index in [4.69, 9.17) is 0 Å². The molecule has 0 bridgehead atoms. The third-order valence-corrected chi connectivity index (χ3v) is 10.8. The number of rotatable bonds is 6. The van der Waals surface area contributed by atoms with E-state index in [0.717, 1.165) is 0 Å². The first-order valence-corrected chi connectivity index (χ1v) is 14.8. The third-order valence-electron chi connectivity index (χ3n) is 5.86. The molecule has 4 heteroatoms. The molecule has 0 unspecified atom stereocenters. The SMILES string of the molecule is [Fe].[Pd].c1ccc(P(c2ccccc2)[c-]2[cH-][cH-][cH-][cH-]2)cc1.c1ccc(P(c2ccccc2)[c-]2cccc2)cc1. The summed E-state index contributed by atoms with van der Waals surface area (Å²) in [4.78, 5) is 0. The van der Waals surface area contributed by atoms with Gasteiger partial charge in [0.25, 0.3) is 0 Å². The summed E-state index contributed by atoms with van der Waals surface area (Å²) >= 11 is 0. The van der Waals surface area contributed by atoms with Crippen molar-refractivity contribution < 1.29 is 37.5 Å². The predicted molar refractivity (Wildman–Crippen MR) is 161 cm³/mol. The van der Waals surface area contributed by atoms with Crippen LogP contribution in [0.15, 0.2) is 170 Å². The Hall–Kier alpha value is -2.38. The molecule has 0 atom stereocenters. The van der Waals surface area contributed by atoms with Crippen LogP contribution in [0.3, 0.4) is 0 Å². The monoisotopic (exact) mass is 660 g/mol. The second-order valence-corrected chi connectivity index (χ2v) is 12.7. The Morgan fingerprint density at radius 1 is 0.421 bits per heavy atom. The van der Waals surface area contributed by atoms with Crippen LogP contribution in [-0.4, -0.2) is 0 Å². The summed E-state index contributed by atoms with van der Waals surface area (Å²) in [6.07, 6.45) is 0. The molecule has 0 spiro atoms. The molecule has 0 amide bonds. The van der Waals surface area contributed by atoms with Crippen LogP contribution >= 0.6 is 15.8 Å². The summed E-state index contributed by atoms with van der Waals surface area (Å²) < 4.78 is 0. The van der Waals surface area contributed by atoms with Crippen LogP contribution in [-0.2, 0) is 37.5 Å². The maximum absolute atomic E-state index is 2.23. The van der Waals surface area contributed by atoms with Gasteiger partial charge in [-0.2, -0.15) is 12.1 Å². The zero-order valence-electron chi connectivity index (χ0n) is 20.7. The van der Waals surface area contributed by atoms with Gasteiger partial charge in [0.05, 0.1) is 0 Å². The number of benzene rings is 4. The van der Waals surface area contributed by atoms with Crippen LogP contribution in [0.25, 0.3) is 0 Å². The Morgan fingerprint density at radius 2 is 0.737 bits per heavy atom. The van der Waals surface area contributed by atoms with Gasteiger partial charge in [0.15, 0.2) is 0 Å². The van der Waals surface area contributed by atoms with E-state index in [9.17, 15) is 0 Å². The minimum atomic E-state index is -0.409. The van der Waals surface area contributed by atoms with Gasteiger partial charge in [-0.1, -0.05) is 140 Å². The molecular formula is C34H28FeP2Pd-6. The largest absolute Gasteiger partial charge is 0.747 e. The fourth-order valence-corrected chi connectivity index (χ4v) is 8.84. The van der Waals surface area contributed by atoms with E-state index in [1.165, 1.54) is 31.8 Å². The molecule has 0 aromatic heterocycles. The van der Waals surface area contributed by atoms with Gasteiger partial charge in [0.1, 0.15) is 0 Å². The third kappa shape index (κ3) is 7.82. The molecule has 0 N–H and O–H groups in total. The molecule has 0 saturated heterocycles. The first-order valence-electron chi connectivity index (χ1n) is 12.1. The van der Waals surface area contributed by atoms with E-state index in [0.29, 0.717) is 0 Å². The van der Waals surface area contributed by atoms with E-state index < -0.39 is 15.8 Å². The van der Waals surface area contributed by atoms with Crippen molar-refractivity contribution >= 4 is 47.7 Å². The summed E-state index contributed by atoms with van der Waals surface area (Å²) in [5.74, 6) is 0. The molecule has 0 heterocycles. The molecule has 0 radical (unpaired) electrons. The molecule has 0 aliphatic carbocycles. The Labute approximate surface area is 253 Å². The Bertz CT molecular complexity index is 1210. The zero-order chi connectivity index (χ0) is 24.4. The zero-order valence-corrected chi connectivity index (χ0v) is 25.2. The molecule has 38 heavy (non-hydrogen) atoms. The first-order chi connectivity index (χ1) is 17.9. The van der Waals surface area contributed by atoms with Crippen molar-refractivity contribution in [3.63, 3.8) is 0 Å². The second kappa shape index (κ2) is 15.9. The molecule has 0 aliphatic rings. The van der Waals surface area contributed by atoms with Gasteiger partial charge >= 0.3 is 0 Å². The fourth-order valence-electron chi connectivity index (χ4n) is 4.23. The van der Waals surface area contributed by atoms with E-state index >= 15 is 0 Å². The van der Waals surface area contributed by atoms with Crippen LogP contribution in [0.2, 0.25) is 0 Å². The molecule has 0 fully saturated rings. The van der Waals surface area contributed by atoms with Gasteiger partial charge in [0, 0.05) is 37.5 Å². The van der Waals surface area contributed by atoms with Crippen molar-refractivity contribution in [2.75, 3.05) is 0 Å². The summed E-state index contributed by atoms with van der Waals surface area (Å²) in [5, 5.41) is 8.47. The molecule has 198 valence electrons. The van der Waals surface area contributed by atoms with Crippen LogP contribution in [0.5, 0.6) is 0 Å². The average Bonchev–Trinajstić information content (AvgIpc) is 3.68. The Morgan fingerprint density at radius 3 is 1.08 bits per heavy atom. The van der Waals surface area contributed by atoms with Crippen LogP contribution in [0.1, 0.15) is 0 Å². The summed E-state index contributed by atoms with van der Waals surface area (Å²) in [6.45, 7) is 0. The molecule has 0 saturated carbocycles. The minimum absolute atomic E-state index is 0.